The van der Waals surface area contributed by atoms with Crippen LogP contribution in [-0.4, -0.2) is 62.1 Å². The molecule has 2 amide bonds. The summed E-state index contributed by atoms with van der Waals surface area (Å²) in [5.74, 6) is -0.148. The number of amides is 2. The lowest BCUT2D eigenvalue weighted by atomic mass is 10.1. The molecule has 110 valence electrons. The fraction of sp³-hybridized carbons (Fsp3) is 0.846. The molecule has 0 spiro atoms. The average molecular weight is 271 g/mol. The van der Waals surface area contributed by atoms with Gasteiger partial charge in [-0.25, -0.2) is 0 Å². The maximum atomic E-state index is 11.7. The van der Waals surface area contributed by atoms with Crippen LogP contribution in [0.5, 0.6) is 0 Å². The molecule has 1 atom stereocenters. The van der Waals surface area contributed by atoms with E-state index in [2.05, 4.69) is 10.6 Å². The Balaban J connectivity index is 2.17. The summed E-state index contributed by atoms with van der Waals surface area (Å²) in [7, 11) is 1.87. The average Bonchev–Trinajstić information content (AvgIpc) is 2.33. The minimum absolute atomic E-state index is 0.0629. The van der Waals surface area contributed by atoms with Crippen molar-refractivity contribution in [3.05, 3.63) is 0 Å². The number of carbonyl (C=O) groups excluding carboxylic acids is 2. The van der Waals surface area contributed by atoms with E-state index in [0.717, 1.165) is 13.0 Å². The molecule has 0 bridgehead atoms. The first-order valence-corrected chi connectivity index (χ1v) is 6.87. The molecule has 1 rings (SSSR count). The van der Waals surface area contributed by atoms with Crippen molar-refractivity contribution in [3.63, 3.8) is 0 Å². The predicted molar refractivity (Wildman–Crippen MR) is 72.8 cm³/mol. The van der Waals surface area contributed by atoms with Gasteiger partial charge in [0.25, 0.3) is 0 Å². The van der Waals surface area contributed by atoms with Crippen molar-refractivity contribution in [2.45, 2.75) is 38.8 Å². The monoisotopic (exact) mass is 271 g/mol. The molecule has 0 aromatic heterocycles. The predicted octanol–water partition coefficient (Wildman–Crippen LogP) is -0.262. The second kappa shape index (κ2) is 8.12. The van der Waals surface area contributed by atoms with E-state index in [1.807, 2.05) is 25.8 Å². The highest BCUT2D eigenvalue weighted by atomic mass is 16.5. The highest BCUT2D eigenvalue weighted by Crippen LogP contribution is 2.05. The van der Waals surface area contributed by atoms with Crippen LogP contribution in [0.25, 0.3) is 0 Å². The molecule has 1 heterocycles. The van der Waals surface area contributed by atoms with Crippen LogP contribution in [0.3, 0.4) is 0 Å². The van der Waals surface area contributed by atoms with Gasteiger partial charge in [-0.05, 0) is 27.3 Å². The van der Waals surface area contributed by atoms with Crippen LogP contribution in [0.15, 0.2) is 0 Å². The normalized spacial score (nSPS) is 20.4. The fourth-order valence-electron chi connectivity index (χ4n) is 1.94. The standard InChI is InChI=1S/C13H25N3O3/c1-10(2)19-8-4-5-14-12(17)9-11-13(18)15-6-7-16(11)3/h10-11H,4-9H2,1-3H3,(H,14,17)(H,15,18)/t11-/m0/s1. The summed E-state index contributed by atoms with van der Waals surface area (Å²) in [6, 6.07) is -0.347. The molecular formula is C13H25N3O3. The minimum Gasteiger partial charge on any atom is -0.379 e. The number of likely N-dealkylation sites (N-methyl/N-ethyl adjacent to an activating group) is 1. The Labute approximate surface area is 114 Å². The lowest BCUT2D eigenvalue weighted by Crippen LogP contribution is -2.54. The Bertz CT molecular complexity index is 308. The number of carbonyl (C=O) groups is 2. The van der Waals surface area contributed by atoms with Gasteiger partial charge in [-0.1, -0.05) is 0 Å². The van der Waals surface area contributed by atoms with Gasteiger partial charge in [-0.15, -0.1) is 0 Å². The minimum atomic E-state index is -0.347. The van der Waals surface area contributed by atoms with E-state index in [9.17, 15) is 9.59 Å². The molecule has 0 radical (unpaired) electrons. The Morgan fingerprint density at radius 2 is 2.32 bits per heavy atom. The van der Waals surface area contributed by atoms with E-state index in [-0.39, 0.29) is 30.4 Å². The molecule has 1 aliphatic heterocycles. The molecule has 0 unspecified atom stereocenters. The molecule has 1 aliphatic rings. The molecule has 0 aromatic carbocycles. The number of piperazine rings is 1. The van der Waals surface area contributed by atoms with E-state index >= 15 is 0 Å². The smallest absolute Gasteiger partial charge is 0.237 e. The number of rotatable bonds is 7. The maximum absolute atomic E-state index is 11.7. The quantitative estimate of drug-likeness (QED) is 0.626. The number of ether oxygens (including phenoxy) is 1. The lowest BCUT2D eigenvalue weighted by Gasteiger charge is -2.31. The zero-order chi connectivity index (χ0) is 14.3. The van der Waals surface area contributed by atoms with E-state index in [4.69, 9.17) is 4.74 Å². The summed E-state index contributed by atoms with van der Waals surface area (Å²) in [4.78, 5) is 25.3. The first-order valence-electron chi connectivity index (χ1n) is 6.87. The Morgan fingerprint density at radius 1 is 1.58 bits per heavy atom. The molecule has 2 N–H and O–H groups in total. The first-order chi connectivity index (χ1) is 9.00. The number of nitrogens with one attached hydrogen (secondary N) is 2. The van der Waals surface area contributed by atoms with E-state index in [1.54, 1.807) is 0 Å². The van der Waals surface area contributed by atoms with Crippen LogP contribution in [0, 0.1) is 0 Å². The van der Waals surface area contributed by atoms with Crippen LogP contribution in [0.2, 0.25) is 0 Å². The van der Waals surface area contributed by atoms with Gasteiger partial charge >= 0.3 is 0 Å². The molecule has 1 fully saturated rings. The van der Waals surface area contributed by atoms with Gasteiger partial charge in [-0.3, -0.25) is 14.5 Å². The number of hydrogen-bond acceptors (Lipinski definition) is 4. The highest BCUT2D eigenvalue weighted by Gasteiger charge is 2.28. The Hall–Kier alpha value is -1.14. The number of hydrogen-bond donors (Lipinski definition) is 2. The van der Waals surface area contributed by atoms with Gasteiger partial charge in [-0.2, -0.15) is 0 Å². The van der Waals surface area contributed by atoms with Crippen LogP contribution < -0.4 is 10.6 Å². The van der Waals surface area contributed by atoms with Gasteiger partial charge in [0, 0.05) is 26.2 Å². The van der Waals surface area contributed by atoms with Crippen molar-refractivity contribution in [2.75, 3.05) is 33.3 Å². The van der Waals surface area contributed by atoms with Crippen LogP contribution in [0.4, 0.5) is 0 Å². The Morgan fingerprint density at radius 3 is 2.95 bits per heavy atom. The van der Waals surface area contributed by atoms with Gasteiger partial charge in [0.05, 0.1) is 18.6 Å². The van der Waals surface area contributed by atoms with E-state index in [1.165, 1.54) is 0 Å². The van der Waals surface area contributed by atoms with Crippen molar-refractivity contribution >= 4 is 11.8 Å². The molecule has 0 aromatic rings. The topological polar surface area (TPSA) is 70.7 Å². The Kier molecular flexibility index (Phi) is 6.80. The van der Waals surface area contributed by atoms with Gasteiger partial charge in [0.2, 0.25) is 11.8 Å². The maximum Gasteiger partial charge on any atom is 0.237 e. The van der Waals surface area contributed by atoms with Crippen molar-refractivity contribution in [2.24, 2.45) is 0 Å². The number of nitrogens with zero attached hydrogens (tertiary/aromatic N) is 1. The zero-order valence-electron chi connectivity index (χ0n) is 12.1. The molecule has 6 nitrogen and oxygen atoms in total. The van der Waals surface area contributed by atoms with Crippen molar-refractivity contribution < 1.29 is 14.3 Å². The molecule has 6 heteroatoms. The van der Waals surface area contributed by atoms with Crippen LogP contribution in [0.1, 0.15) is 26.7 Å². The highest BCUT2D eigenvalue weighted by molar-refractivity contribution is 5.88. The van der Waals surface area contributed by atoms with Crippen LogP contribution >= 0.6 is 0 Å². The first kappa shape index (κ1) is 15.9. The molecular weight excluding hydrogens is 246 g/mol. The van der Waals surface area contributed by atoms with E-state index < -0.39 is 0 Å². The SMILES string of the molecule is CC(C)OCCCNC(=O)C[C@H]1C(=O)NCCN1C. The van der Waals surface area contributed by atoms with Gasteiger partial charge in [0.1, 0.15) is 0 Å². The van der Waals surface area contributed by atoms with Crippen LogP contribution in [-0.2, 0) is 14.3 Å². The fourth-order valence-corrected chi connectivity index (χ4v) is 1.94. The summed E-state index contributed by atoms with van der Waals surface area (Å²) in [6.45, 7) is 6.63. The molecule has 19 heavy (non-hydrogen) atoms. The molecule has 0 aliphatic carbocycles. The summed E-state index contributed by atoms with van der Waals surface area (Å²) in [5.41, 5.74) is 0. The lowest BCUT2D eigenvalue weighted by molar-refractivity contribution is -0.133. The van der Waals surface area contributed by atoms with Crippen molar-refractivity contribution in [3.8, 4) is 0 Å². The van der Waals surface area contributed by atoms with Crippen molar-refractivity contribution in [1.82, 2.24) is 15.5 Å². The summed E-state index contributed by atoms with van der Waals surface area (Å²) < 4.78 is 5.38. The molecule has 0 saturated carbocycles. The summed E-state index contributed by atoms with van der Waals surface area (Å²) in [6.07, 6.45) is 1.22. The molecule has 1 saturated heterocycles. The van der Waals surface area contributed by atoms with Gasteiger partial charge < -0.3 is 15.4 Å². The second-order valence-electron chi connectivity index (χ2n) is 5.11. The third kappa shape index (κ3) is 6.02. The van der Waals surface area contributed by atoms with Gasteiger partial charge in [0.15, 0.2) is 0 Å². The third-order valence-corrected chi connectivity index (χ3v) is 3.07. The van der Waals surface area contributed by atoms with Crippen molar-refractivity contribution in [1.29, 1.82) is 0 Å². The third-order valence-electron chi connectivity index (χ3n) is 3.07. The second-order valence-corrected chi connectivity index (χ2v) is 5.11. The summed E-state index contributed by atoms with van der Waals surface area (Å²) >= 11 is 0. The summed E-state index contributed by atoms with van der Waals surface area (Å²) in [5, 5.41) is 5.60. The zero-order valence-corrected chi connectivity index (χ0v) is 12.1. The van der Waals surface area contributed by atoms with E-state index in [0.29, 0.717) is 19.7 Å². The largest absolute Gasteiger partial charge is 0.379 e.